The van der Waals surface area contributed by atoms with Crippen LogP contribution < -0.4 is 9.04 Å². The third-order valence-corrected chi connectivity index (χ3v) is 6.35. The number of rotatable bonds is 2. The van der Waals surface area contributed by atoms with E-state index in [9.17, 15) is 8.42 Å². The minimum atomic E-state index is -3.68. The number of nitrogens with zero attached hydrogens (tertiary/aromatic N) is 2. The lowest BCUT2D eigenvalue weighted by Gasteiger charge is -2.29. The van der Waals surface area contributed by atoms with Crippen LogP contribution in [-0.4, -0.2) is 31.8 Å². The molecule has 1 N–H and O–H groups in total. The first-order valence-electron chi connectivity index (χ1n) is 7.90. The summed E-state index contributed by atoms with van der Waals surface area (Å²) < 4.78 is 33.6. The van der Waals surface area contributed by atoms with Crippen molar-refractivity contribution in [3.05, 3.63) is 35.0 Å². The van der Waals surface area contributed by atoms with Crippen molar-refractivity contribution < 1.29 is 13.2 Å². The highest BCUT2D eigenvalue weighted by molar-refractivity contribution is 7.93. The maximum absolute atomic E-state index is 13.2. The molecule has 0 radical (unpaired) electrons. The molecule has 0 saturated heterocycles. The number of hydrogen-bond donors (Lipinski definition) is 1. The number of H-pyrrole nitrogens is 1. The standard InChI is InChI=1S/C16H19N3O3S/c1-11-13-7-3-9-19(16(13)18-17-11)23(20,21)14-8-2-5-12-6-4-10-22-15(12)14/h2,5,8H,3-4,6-7,9-10H2,1H3,(H,17,18). The molecule has 2 aromatic rings. The zero-order valence-electron chi connectivity index (χ0n) is 13.0. The Morgan fingerprint density at radius 2 is 2.13 bits per heavy atom. The molecule has 1 aromatic heterocycles. The van der Waals surface area contributed by atoms with Crippen molar-refractivity contribution in [1.82, 2.24) is 10.2 Å². The second-order valence-corrected chi connectivity index (χ2v) is 7.86. The summed E-state index contributed by atoms with van der Waals surface area (Å²) in [4.78, 5) is 0.253. The molecule has 122 valence electrons. The van der Waals surface area contributed by atoms with Crippen molar-refractivity contribution in [2.45, 2.75) is 37.5 Å². The van der Waals surface area contributed by atoms with E-state index in [-0.39, 0.29) is 4.90 Å². The molecule has 4 rings (SSSR count). The topological polar surface area (TPSA) is 75.3 Å². The van der Waals surface area contributed by atoms with Crippen molar-refractivity contribution in [3.8, 4) is 5.75 Å². The summed E-state index contributed by atoms with van der Waals surface area (Å²) in [6.45, 7) is 2.94. The summed E-state index contributed by atoms with van der Waals surface area (Å²) in [5.41, 5.74) is 2.89. The first-order chi connectivity index (χ1) is 11.1. The number of anilines is 1. The molecule has 0 unspecified atom stereocenters. The molecular weight excluding hydrogens is 314 g/mol. The van der Waals surface area contributed by atoms with E-state index in [0.717, 1.165) is 42.5 Å². The lowest BCUT2D eigenvalue weighted by atomic mass is 10.1. The van der Waals surface area contributed by atoms with E-state index in [4.69, 9.17) is 4.74 Å². The van der Waals surface area contributed by atoms with Crippen LogP contribution in [0.15, 0.2) is 23.1 Å². The zero-order valence-corrected chi connectivity index (χ0v) is 13.8. The molecule has 0 saturated carbocycles. The van der Waals surface area contributed by atoms with Crippen molar-refractivity contribution in [2.75, 3.05) is 17.5 Å². The fourth-order valence-electron chi connectivity index (χ4n) is 3.37. The van der Waals surface area contributed by atoms with Crippen LogP contribution in [0.4, 0.5) is 5.82 Å². The van der Waals surface area contributed by atoms with Gasteiger partial charge in [0.2, 0.25) is 0 Å². The van der Waals surface area contributed by atoms with E-state index < -0.39 is 10.0 Å². The van der Waals surface area contributed by atoms with E-state index in [1.807, 2.05) is 13.0 Å². The first kappa shape index (κ1) is 14.6. The Kier molecular flexibility index (Phi) is 3.33. The van der Waals surface area contributed by atoms with Gasteiger partial charge in [-0.05, 0) is 44.2 Å². The van der Waals surface area contributed by atoms with Crippen LogP contribution in [0.2, 0.25) is 0 Å². The van der Waals surface area contributed by atoms with Gasteiger partial charge in [-0.3, -0.25) is 5.10 Å². The smallest absolute Gasteiger partial charge is 0.269 e. The van der Waals surface area contributed by atoms with Crippen molar-refractivity contribution in [1.29, 1.82) is 0 Å². The van der Waals surface area contributed by atoms with Gasteiger partial charge in [-0.2, -0.15) is 5.10 Å². The summed E-state index contributed by atoms with van der Waals surface area (Å²) in [7, 11) is -3.68. The summed E-state index contributed by atoms with van der Waals surface area (Å²) in [6.07, 6.45) is 3.42. The minimum Gasteiger partial charge on any atom is -0.492 e. The molecule has 3 heterocycles. The number of sulfonamides is 1. The van der Waals surface area contributed by atoms with Crippen molar-refractivity contribution >= 4 is 15.8 Å². The van der Waals surface area contributed by atoms with Crippen LogP contribution in [0.5, 0.6) is 5.75 Å². The van der Waals surface area contributed by atoms with E-state index in [0.29, 0.717) is 24.7 Å². The lowest BCUT2D eigenvalue weighted by Crippen LogP contribution is -2.36. The summed E-state index contributed by atoms with van der Waals surface area (Å²) in [5, 5.41) is 7.13. The predicted octanol–water partition coefficient (Wildman–Crippen LogP) is 2.18. The number of nitrogens with one attached hydrogen (secondary N) is 1. The molecule has 0 spiro atoms. The highest BCUT2D eigenvalue weighted by Gasteiger charge is 2.35. The Morgan fingerprint density at radius 3 is 3.00 bits per heavy atom. The molecule has 2 aliphatic heterocycles. The van der Waals surface area contributed by atoms with Crippen LogP contribution in [-0.2, 0) is 22.9 Å². The molecule has 6 nitrogen and oxygen atoms in total. The third-order valence-electron chi connectivity index (χ3n) is 4.54. The molecule has 0 bridgehead atoms. The van der Waals surface area contributed by atoms with E-state index in [1.165, 1.54) is 4.31 Å². The lowest BCUT2D eigenvalue weighted by molar-refractivity contribution is 0.280. The Balaban J connectivity index is 1.84. The van der Waals surface area contributed by atoms with Crippen LogP contribution in [0, 0.1) is 6.92 Å². The Hall–Kier alpha value is -2.02. The average molecular weight is 333 g/mol. The second-order valence-electron chi connectivity index (χ2n) is 6.03. The van der Waals surface area contributed by atoms with Crippen LogP contribution in [0.1, 0.15) is 29.7 Å². The summed E-state index contributed by atoms with van der Waals surface area (Å²) in [5.74, 6) is 1.04. The van der Waals surface area contributed by atoms with E-state index in [2.05, 4.69) is 10.2 Å². The van der Waals surface area contributed by atoms with Crippen LogP contribution >= 0.6 is 0 Å². The van der Waals surface area contributed by atoms with Gasteiger partial charge in [-0.15, -0.1) is 0 Å². The second kappa shape index (κ2) is 5.26. The maximum Gasteiger partial charge on any atom is 0.269 e. The van der Waals surface area contributed by atoms with Gasteiger partial charge in [-0.25, -0.2) is 12.7 Å². The zero-order chi connectivity index (χ0) is 16.0. The number of fused-ring (bicyclic) bond motifs is 2. The van der Waals surface area contributed by atoms with Gasteiger partial charge >= 0.3 is 0 Å². The maximum atomic E-state index is 13.2. The normalized spacial score (nSPS) is 17.3. The van der Waals surface area contributed by atoms with E-state index >= 15 is 0 Å². The third kappa shape index (κ3) is 2.22. The minimum absolute atomic E-state index is 0.253. The number of aryl methyl sites for hydroxylation is 2. The molecular formula is C16H19N3O3S. The van der Waals surface area contributed by atoms with Crippen LogP contribution in [0.3, 0.4) is 0 Å². The molecule has 1 aromatic carbocycles. The van der Waals surface area contributed by atoms with Crippen molar-refractivity contribution in [2.24, 2.45) is 0 Å². The highest BCUT2D eigenvalue weighted by atomic mass is 32.2. The van der Waals surface area contributed by atoms with Gasteiger partial charge < -0.3 is 4.74 Å². The molecule has 7 heteroatoms. The molecule has 23 heavy (non-hydrogen) atoms. The number of aromatic nitrogens is 2. The Bertz CT molecular complexity index is 857. The van der Waals surface area contributed by atoms with Crippen LogP contribution in [0.25, 0.3) is 0 Å². The monoisotopic (exact) mass is 333 g/mol. The van der Waals surface area contributed by atoms with E-state index in [1.54, 1.807) is 12.1 Å². The van der Waals surface area contributed by atoms with Gasteiger partial charge in [0.05, 0.1) is 6.61 Å². The fraction of sp³-hybridized carbons (Fsp3) is 0.438. The Labute approximate surface area is 135 Å². The predicted molar refractivity (Wildman–Crippen MR) is 86.4 cm³/mol. The fourth-order valence-corrected chi connectivity index (χ4v) is 5.03. The molecule has 2 aliphatic rings. The molecule has 0 aliphatic carbocycles. The summed E-state index contributed by atoms with van der Waals surface area (Å²) in [6, 6.07) is 5.36. The quantitative estimate of drug-likeness (QED) is 0.914. The number of ether oxygens (including phenoxy) is 1. The van der Waals surface area contributed by atoms with Gasteiger partial charge in [0.1, 0.15) is 10.6 Å². The first-order valence-corrected chi connectivity index (χ1v) is 9.34. The van der Waals surface area contributed by atoms with Gasteiger partial charge in [0.25, 0.3) is 10.0 Å². The molecule has 0 amide bonds. The van der Waals surface area contributed by atoms with Gasteiger partial charge in [0.15, 0.2) is 5.82 Å². The number of aromatic amines is 1. The number of hydrogen-bond acceptors (Lipinski definition) is 4. The highest BCUT2D eigenvalue weighted by Crippen LogP contribution is 2.37. The average Bonchev–Trinajstić information content (AvgIpc) is 2.95. The Morgan fingerprint density at radius 1 is 1.26 bits per heavy atom. The molecule has 0 fully saturated rings. The SMILES string of the molecule is Cc1[nH]nc2c1CCCN2S(=O)(=O)c1cccc2c1OCCC2. The largest absolute Gasteiger partial charge is 0.492 e. The molecule has 0 atom stereocenters. The van der Waals surface area contributed by atoms with Gasteiger partial charge in [-0.1, -0.05) is 12.1 Å². The number of benzene rings is 1. The number of para-hydroxylation sites is 1. The summed E-state index contributed by atoms with van der Waals surface area (Å²) >= 11 is 0. The van der Waals surface area contributed by atoms with Gasteiger partial charge in [0, 0.05) is 17.8 Å². The van der Waals surface area contributed by atoms with Crippen molar-refractivity contribution in [3.63, 3.8) is 0 Å².